The molecule has 4 nitrogen and oxygen atoms in total. The molecule has 2 aromatic heterocycles. The maximum atomic E-state index is 13.5. The maximum absolute atomic E-state index is 13.5. The molecule has 0 aliphatic heterocycles. The number of nitrogens with zero attached hydrogens (tertiary/aromatic N) is 2. The van der Waals surface area contributed by atoms with E-state index in [9.17, 15) is 9.18 Å². The quantitative estimate of drug-likeness (QED) is 0.295. The molecule has 148 valence electrons. The average Bonchev–Trinajstić information content (AvgIpc) is 3.15. The van der Waals surface area contributed by atoms with Crippen LogP contribution in [0.3, 0.4) is 0 Å². The predicted molar refractivity (Wildman–Crippen MR) is 120 cm³/mol. The van der Waals surface area contributed by atoms with E-state index in [1.165, 1.54) is 23.9 Å². The monoisotopic (exact) mass is 415 g/mol. The SMILES string of the molecule is CC(Sc1nc2c([nH]c3ccccc32)c(=O)n1-c1ccc(F)cc1)c1ccccc1. The Hall–Kier alpha value is -3.38. The molecule has 2 heterocycles. The van der Waals surface area contributed by atoms with E-state index in [0.29, 0.717) is 21.9 Å². The molecule has 0 saturated carbocycles. The number of rotatable bonds is 4. The molecule has 1 atom stereocenters. The summed E-state index contributed by atoms with van der Waals surface area (Å²) < 4.78 is 15.1. The molecule has 0 radical (unpaired) electrons. The summed E-state index contributed by atoms with van der Waals surface area (Å²) in [6, 6.07) is 23.7. The van der Waals surface area contributed by atoms with Crippen LogP contribution < -0.4 is 5.56 Å². The van der Waals surface area contributed by atoms with Crippen molar-refractivity contribution in [3.05, 3.63) is 101 Å². The van der Waals surface area contributed by atoms with E-state index in [-0.39, 0.29) is 16.6 Å². The third-order valence-corrected chi connectivity index (χ3v) is 6.24. The van der Waals surface area contributed by atoms with Gasteiger partial charge >= 0.3 is 0 Å². The summed E-state index contributed by atoms with van der Waals surface area (Å²) >= 11 is 1.51. The van der Waals surface area contributed by atoms with Gasteiger partial charge in [-0.1, -0.05) is 60.3 Å². The van der Waals surface area contributed by atoms with E-state index < -0.39 is 0 Å². The normalized spacial score (nSPS) is 12.5. The van der Waals surface area contributed by atoms with Gasteiger partial charge in [0.15, 0.2) is 5.16 Å². The molecule has 6 heteroatoms. The lowest BCUT2D eigenvalue weighted by Gasteiger charge is -2.16. The van der Waals surface area contributed by atoms with Gasteiger partial charge in [-0.3, -0.25) is 9.36 Å². The van der Waals surface area contributed by atoms with Crippen molar-refractivity contribution in [3.63, 3.8) is 0 Å². The largest absolute Gasteiger partial charge is 0.349 e. The van der Waals surface area contributed by atoms with Crippen molar-refractivity contribution in [2.75, 3.05) is 0 Å². The molecule has 3 aromatic carbocycles. The van der Waals surface area contributed by atoms with Crippen LogP contribution >= 0.6 is 11.8 Å². The fraction of sp³-hybridized carbons (Fsp3) is 0.0833. The summed E-state index contributed by atoms with van der Waals surface area (Å²) in [4.78, 5) is 21.6. The van der Waals surface area contributed by atoms with Crippen LogP contribution in [0.1, 0.15) is 17.7 Å². The van der Waals surface area contributed by atoms with Crippen molar-refractivity contribution in [3.8, 4) is 5.69 Å². The molecular weight excluding hydrogens is 397 g/mol. The maximum Gasteiger partial charge on any atom is 0.283 e. The number of aromatic nitrogens is 3. The first kappa shape index (κ1) is 18.6. The molecule has 0 aliphatic carbocycles. The third-order valence-electron chi connectivity index (χ3n) is 5.13. The van der Waals surface area contributed by atoms with Crippen LogP contribution in [0.5, 0.6) is 0 Å². The standard InChI is InChI=1S/C24H18FN3OS/c1-15(16-7-3-2-4-8-16)30-24-27-21-19-9-5-6-10-20(19)26-22(21)23(29)28(24)18-13-11-17(25)12-14-18/h2-15,26H,1H3. The summed E-state index contributed by atoms with van der Waals surface area (Å²) in [7, 11) is 0. The second-order valence-corrected chi connectivity index (χ2v) is 8.38. The Bertz CT molecular complexity index is 1410. The number of hydrogen-bond acceptors (Lipinski definition) is 3. The topological polar surface area (TPSA) is 50.7 Å². The van der Waals surface area contributed by atoms with Gasteiger partial charge in [0.1, 0.15) is 16.9 Å². The van der Waals surface area contributed by atoms with Gasteiger partial charge in [0.05, 0.1) is 5.69 Å². The van der Waals surface area contributed by atoms with Gasteiger partial charge in [-0.15, -0.1) is 0 Å². The van der Waals surface area contributed by atoms with Crippen LogP contribution in [-0.2, 0) is 0 Å². The molecule has 1 unspecified atom stereocenters. The minimum Gasteiger partial charge on any atom is -0.349 e. The summed E-state index contributed by atoms with van der Waals surface area (Å²) in [6.45, 7) is 2.08. The van der Waals surface area contributed by atoms with Crippen molar-refractivity contribution in [1.82, 2.24) is 14.5 Å². The van der Waals surface area contributed by atoms with E-state index >= 15 is 0 Å². The fourth-order valence-electron chi connectivity index (χ4n) is 3.59. The number of halogens is 1. The molecule has 0 bridgehead atoms. The van der Waals surface area contributed by atoms with Crippen LogP contribution in [0.2, 0.25) is 0 Å². The van der Waals surface area contributed by atoms with Crippen LogP contribution in [0.4, 0.5) is 4.39 Å². The number of fused-ring (bicyclic) bond motifs is 3. The van der Waals surface area contributed by atoms with E-state index in [4.69, 9.17) is 4.98 Å². The number of benzene rings is 3. The van der Waals surface area contributed by atoms with E-state index in [0.717, 1.165) is 16.5 Å². The highest BCUT2D eigenvalue weighted by Crippen LogP contribution is 2.35. The fourth-order valence-corrected chi connectivity index (χ4v) is 4.64. The summed E-state index contributed by atoms with van der Waals surface area (Å²) in [5.41, 5.74) is 3.47. The second kappa shape index (κ2) is 7.46. The summed E-state index contributed by atoms with van der Waals surface area (Å²) in [6.07, 6.45) is 0. The highest BCUT2D eigenvalue weighted by molar-refractivity contribution is 7.99. The van der Waals surface area contributed by atoms with Crippen LogP contribution in [0, 0.1) is 5.82 Å². The predicted octanol–water partition coefficient (Wildman–Crippen LogP) is 5.86. The highest BCUT2D eigenvalue weighted by atomic mass is 32.2. The Morgan fingerprint density at radius 1 is 0.967 bits per heavy atom. The van der Waals surface area contributed by atoms with Gasteiger partial charge in [0.25, 0.3) is 5.56 Å². The van der Waals surface area contributed by atoms with Crippen molar-refractivity contribution in [2.24, 2.45) is 0 Å². The van der Waals surface area contributed by atoms with E-state index in [1.54, 1.807) is 16.7 Å². The Kier molecular flexibility index (Phi) is 4.64. The molecule has 5 rings (SSSR count). The molecule has 0 fully saturated rings. The number of thioether (sulfide) groups is 1. The Morgan fingerprint density at radius 3 is 2.43 bits per heavy atom. The number of aromatic amines is 1. The van der Waals surface area contributed by atoms with Gasteiger partial charge in [0, 0.05) is 16.2 Å². The minimum absolute atomic E-state index is 0.0763. The Balaban J connectivity index is 1.75. The van der Waals surface area contributed by atoms with Crippen molar-refractivity contribution >= 4 is 33.7 Å². The highest BCUT2D eigenvalue weighted by Gasteiger charge is 2.19. The van der Waals surface area contributed by atoms with Gasteiger partial charge in [0.2, 0.25) is 0 Å². The molecule has 30 heavy (non-hydrogen) atoms. The van der Waals surface area contributed by atoms with Crippen LogP contribution in [0.25, 0.3) is 27.6 Å². The molecular formula is C24H18FN3OS. The molecule has 0 spiro atoms. The second-order valence-electron chi connectivity index (χ2n) is 7.08. The number of hydrogen-bond donors (Lipinski definition) is 1. The van der Waals surface area contributed by atoms with Crippen molar-refractivity contribution in [1.29, 1.82) is 0 Å². The molecule has 5 aromatic rings. The van der Waals surface area contributed by atoms with Crippen LogP contribution in [0.15, 0.2) is 88.8 Å². The van der Waals surface area contributed by atoms with Gasteiger partial charge in [-0.2, -0.15) is 0 Å². The number of H-pyrrole nitrogens is 1. The van der Waals surface area contributed by atoms with Crippen molar-refractivity contribution < 1.29 is 4.39 Å². The van der Waals surface area contributed by atoms with E-state index in [2.05, 4.69) is 24.0 Å². The number of para-hydroxylation sites is 1. The summed E-state index contributed by atoms with van der Waals surface area (Å²) in [5.74, 6) is -0.349. The van der Waals surface area contributed by atoms with Gasteiger partial charge in [-0.25, -0.2) is 9.37 Å². The van der Waals surface area contributed by atoms with Crippen LogP contribution in [-0.4, -0.2) is 14.5 Å². The zero-order valence-electron chi connectivity index (χ0n) is 16.2. The van der Waals surface area contributed by atoms with Gasteiger partial charge < -0.3 is 4.98 Å². The lowest BCUT2D eigenvalue weighted by molar-refractivity contribution is 0.627. The Labute approximate surface area is 176 Å². The smallest absolute Gasteiger partial charge is 0.283 e. The van der Waals surface area contributed by atoms with Gasteiger partial charge in [-0.05, 0) is 42.8 Å². The molecule has 0 amide bonds. The lowest BCUT2D eigenvalue weighted by Crippen LogP contribution is -2.22. The molecule has 0 aliphatic rings. The first-order chi connectivity index (χ1) is 14.6. The third kappa shape index (κ3) is 3.19. The van der Waals surface area contributed by atoms with E-state index in [1.807, 2.05) is 42.5 Å². The Morgan fingerprint density at radius 2 is 1.67 bits per heavy atom. The first-order valence-electron chi connectivity index (χ1n) is 9.63. The zero-order chi connectivity index (χ0) is 20.7. The zero-order valence-corrected chi connectivity index (χ0v) is 17.0. The number of nitrogens with one attached hydrogen (secondary N) is 1. The first-order valence-corrected chi connectivity index (χ1v) is 10.5. The average molecular weight is 415 g/mol. The molecule has 0 saturated heterocycles. The minimum atomic E-state index is -0.349. The summed E-state index contributed by atoms with van der Waals surface area (Å²) in [5, 5.41) is 1.55. The lowest BCUT2D eigenvalue weighted by atomic mass is 10.2. The van der Waals surface area contributed by atoms with Crippen molar-refractivity contribution in [2.45, 2.75) is 17.3 Å². The molecule has 1 N–H and O–H groups in total.